The average molecular weight is 494 g/mol. The fourth-order valence-electron chi connectivity index (χ4n) is 2.64. The number of hydrogen-bond acceptors (Lipinski definition) is 6. The van der Waals surface area contributed by atoms with Gasteiger partial charge in [0.1, 0.15) is 23.0 Å². The molecule has 34 heavy (non-hydrogen) atoms. The second-order valence-electron chi connectivity index (χ2n) is 6.73. The molecule has 0 fully saturated rings. The zero-order chi connectivity index (χ0) is 23.3. The Morgan fingerprint density at radius 3 is 0.824 bits per heavy atom. The molecule has 0 saturated heterocycles. The smallest absolute Gasteiger partial charge is 0.418 e. The van der Waals surface area contributed by atoms with Crippen molar-refractivity contribution in [2.75, 3.05) is 13.2 Å². The Bertz CT molecular complexity index is 899. The van der Waals surface area contributed by atoms with Crippen LogP contribution in [0.25, 0.3) is 0 Å². The van der Waals surface area contributed by atoms with Gasteiger partial charge in [-0.3, -0.25) is 9.05 Å². The lowest BCUT2D eigenvalue weighted by atomic mass is 10.3. The summed E-state index contributed by atoms with van der Waals surface area (Å²) in [7, 11) is -3.39. The van der Waals surface area contributed by atoms with Gasteiger partial charge in [0.15, 0.2) is 0 Å². The molecule has 0 spiro atoms. The molecule has 0 N–H and O–H groups in total. The lowest BCUT2D eigenvalue weighted by Crippen LogP contribution is -2.07. The Labute approximate surface area is 202 Å². The van der Waals surface area contributed by atoms with Crippen LogP contribution >= 0.6 is 17.2 Å². The van der Waals surface area contributed by atoms with Crippen molar-refractivity contribution in [3.8, 4) is 23.0 Å². The molecule has 0 aliphatic rings. The van der Waals surface area contributed by atoms with Crippen molar-refractivity contribution in [2.24, 2.45) is 0 Å². The van der Waals surface area contributed by atoms with E-state index in [4.69, 9.17) is 27.1 Å². The van der Waals surface area contributed by atoms with Crippen LogP contribution in [-0.4, -0.2) is 13.2 Å². The zero-order valence-corrected chi connectivity index (χ0v) is 20.1. The van der Waals surface area contributed by atoms with E-state index in [1.165, 1.54) is 0 Å². The van der Waals surface area contributed by atoms with E-state index in [-0.39, 0.29) is 13.2 Å². The Morgan fingerprint density at radius 2 is 0.588 bits per heavy atom. The average Bonchev–Trinajstić information content (AvgIpc) is 2.89. The molecule has 0 bridgehead atoms. The summed E-state index contributed by atoms with van der Waals surface area (Å²) in [6.45, 7) is 0.445. The molecule has 4 rings (SSSR count). The van der Waals surface area contributed by atoms with Crippen LogP contribution in [0.1, 0.15) is 0 Å². The van der Waals surface area contributed by atoms with E-state index in [1.807, 2.05) is 121 Å². The summed E-state index contributed by atoms with van der Waals surface area (Å²) in [6, 6.07) is 37.6. The first-order valence-electron chi connectivity index (χ1n) is 10.6. The van der Waals surface area contributed by atoms with Crippen LogP contribution in [-0.2, 0) is 9.05 Å². The van der Waals surface area contributed by atoms with Crippen LogP contribution < -0.4 is 18.1 Å². The van der Waals surface area contributed by atoms with Crippen LogP contribution in [0.5, 0.6) is 23.0 Å². The summed E-state index contributed by atoms with van der Waals surface area (Å²) in [5.74, 6) is 2.64. The summed E-state index contributed by atoms with van der Waals surface area (Å²) in [6.07, 6.45) is 0. The molecular weight excluding hydrogens is 470 g/mol. The number of rotatable bonds is 13. The van der Waals surface area contributed by atoms with Crippen molar-refractivity contribution in [3.05, 3.63) is 121 Å². The third kappa shape index (κ3) is 8.33. The minimum absolute atomic E-state index is 0.223. The highest BCUT2D eigenvalue weighted by Gasteiger charge is 2.20. The molecule has 0 atom stereocenters. The Hall–Kier alpha value is -3.14. The molecule has 4 aromatic rings. The van der Waals surface area contributed by atoms with Gasteiger partial charge in [0.2, 0.25) is 0 Å². The first kappa shape index (κ1) is 24.0. The highest BCUT2D eigenvalue weighted by molar-refractivity contribution is 7.43. The highest BCUT2D eigenvalue weighted by atomic mass is 31.2. The van der Waals surface area contributed by atoms with E-state index in [2.05, 4.69) is 0 Å². The monoisotopic (exact) mass is 494 g/mol. The van der Waals surface area contributed by atoms with Gasteiger partial charge in [0.05, 0.1) is 13.2 Å². The minimum Gasteiger partial charge on any atom is -0.418 e. The second kappa shape index (κ2) is 13.5. The van der Waals surface area contributed by atoms with Gasteiger partial charge in [0.25, 0.3) is 0 Å². The summed E-state index contributed by atoms with van der Waals surface area (Å²) in [5, 5.41) is 0. The predicted octanol–water partition coefficient (Wildman–Crippen LogP) is 7.79. The molecule has 4 aromatic carbocycles. The van der Waals surface area contributed by atoms with Crippen LogP contribution in [0.2, 0.25) is 0 Å². The standard InChI is InChI=1S/C26H24O6P2/c1-5-13-23(14-6-1)29-33(30-24-15-7-2-8-16-24)27-21-22-28-34(31-25-17-9-3-10-18-25)32-26-19-11-4-12-20-26/h1-20H,21-22H2. The molecule has 8 heteroatoms. The predicted molar refractivity (Wildman–Crippen MR) is 134 cm³/mol. The van der Waals surface area contributed by atoms with Crippen LogP contribution in [0.15, 0.2) is 121 Å². The second-order valence-corrected chi connectivity index (χ2v) is 8.87. The van der Waals surface area contributed by atoms with Crippen molar-refractivity contribution in [2.45, 2.75) is 0 Å². The summed E-state index contributed by atoms with van der Waals surface area (Å²) < 4.78 is 35.5. The van der Waals surface area contributed by atoms with Gasteiger partial charge in [-0.15, -0.1) is 0 Å². The summed E-state index contributed by atoms with van der Waals surface area (Å²) in [4.78, 5) is 0. The Kier molecular flexibility index (Phi) is 9.56. The van der Waals surface area contributed by atoms with Crippen LogP contribution in [0.4, 0.5) is 0 Å². The van der Waals surface area contributed by atoms with Crippen LogP contribution in [0, 0.1) is 0 Å². The summed E-state index contributed by atoms with van der Waals surface area (Å²) >= 11 is 0. The third-order valence-electron chi connectivity index (χ3n) is 4.17. The van der Waals surface area contributed by atoms with Crippen molar-refractivity contribution in [1.82, 2.24) is 0 Å². The van der Waals surface area contributed by atoms with Gasteiger partial charge in [-0.25, -0.2) is 0 Å². The van der Waals surface area contributed by atoms with Crippen molar-refractivity contribution in [3.63, 3.8) is 0 Å². The lowest BCUT2D eigenvalue weighted by molar-refractivity contribution is 0.186. The Balaban J connectivity index is 1.34. The first-order chi connectivity index (χ1) is 16.8. The van der Waals surface area contributed by atoms with Gasteiger partial charge in [-0.1, -0.05) is 72.8 Å². The van der Waals surface area contributed by atoms with E-state index >= 15 is 0 Å². The first-order valence-corrected chi connectivity index (χ1v) is 12.8. The largest absolute Gasteiger partial charge is 0.463 e. The fraction of sp³-hybridized carbons (Fsp3) is 0.0769. The van der Waals surface area contributed by atoms with Crippen LogP contribution in [0.3, 0.4) is 0 Å². The molecule has 0 saturated carbocycles. The third-order valence-corrected chi connectivity index (χ3v) is 6.40. The van der Waals surface area contributed by atoms with E-state index < -0.39 is 17.2 Å². The van der Waals surface area contributed by atoms with Gasteiger partial charge < -0.3 is 18.1 Å². The molecule has 0 radical (unpaired) electrons. The van der Waals surface area contributed by atoms with Gasteiger partial charge in [-0.05, 0) is 48.5 Å². The Morgan fingerprint density at radius 1 is 0.353 bits per heavy atom. The quantitative estimate of drug-likeness (QED) is 0.140. The fourth-order valence-corrected chi connectivity index (χ4v) is 4.54. The topological polar surface area (TPSA) is 55.4 Å². The minimum atomic E-state index is -1.69. The van der Waals surface area contributed by atoms with Crippen molar-refractivity contribution < 1.29 is 27.1 Å². The van der Waals surface area contributed by atoms with Gasteiger partial charge in [0, 0.05) is 0 Å². The number of benzene rings is 4. The highest BCUT2D eigenvalue weighted by Crippen LogP contribution is 2.43. The molecule has 0 aromatic heterocycles. The molecule has 0 amide bonds. The maximum atomic E-state index is 5.92. The molecular formula is C26H24O6P2. The van der Waals surface area contributed by atoms with Gasteiger partial charge >= 0.3 is 17.2 Å². The molecule has 0 aliphatic carbocycles. The maximum absolute atomic E-state index is 5.92. The molecule has 0 heterocycles. The van der Waals surface area contributed by atoms with Crippen molar-refractivity contribution in [1.29, 1.82) is 0 Å². The summed E-state index contributed by atoms with van der Waals surface area (Å²) in [5.41, 5.74) is 0. The number of hydrogen-bond donors (Lipinski definition) is 0. The van der Waals surface area contributed by atoms with Gasteiger partial charge in [-0.2, -0.15) is 0 Å². The van der Waals surface area contributed by atoms with E-state index in [0.717, 1.165) is 0 Å². The molecule has 174 valence electrons. The SMILES string of the molecule is c1ccc(OP(OCCOP(Oc2ccccc2)Oc2ccccc2)Oc2ccccc2)cc1. The van der Waals surface area contributed by atoms with E-state index in [0.29, 0.717) is 23.0 Å². The molecule has 6 nitrogen and oxygen atoms in total. The lowest BCUT2D eigenvalue weighted by Gasteiger charge is -2.19. The normalized spacial score (nSPS) is 10.8. The zero-order valence-electron chi connectivity index (χ0n) is 18.3. The molecule has 0 aliphatic heterocycles. The maximum Gasteiger partial charge on any atom is 0.463 e. The van der Waals surface area contributed by atoms with Crippen molar-refractivity contribution >= 4 is 17.2 Å². The number of para-hydroxylation sites is 4. The van der Waals surface area contributed by atoms with E-state index in [1.54, 1.807) is 0 Å². The molecule has 0 unspecified atom stereocenters. The van der Waals surface area contributed by atoms with E-state index in [9.17, 15) is 0 Å².